The molecule has 0 atom stereocenters. The summed E-state index contributed by atoms with van der Waals surface area (Å²) >= 11 is 0. The number of aryl methyl sites for hydroxylation is 2. The highest BCUT2D eigenvalue weighted by atomic mass is 16.5. The molecule has 1 aromatic heterocycles. The van der Waals surface area contributed by atoms with E-state index in [9.17, 15) is 4.79 Å². The van der Waals surface area contributed by atoms with E-state index < -0.39 is 0 Å². The Morgan fingerprint density at radius 3 is 2.59 bits per heavy atom. The molecule has 1 fully saturated rings. The fraction of sp³-hybridized carbons (Fsp3) is 0.542. The van der Waals surface area contributed by atoms with Gasteiger partial charge in [-0.15, -0.1) is 0 Å². The maximum Gasteiger partial charge on any atom is 0.258 e. The Bertz CT molecular complexity index is 866. The van der Waals surface area contributed by atoms with Crippen molar-refractivity contribution in [2.24, 2.45) is 4.99 Å². The lowest BCUT2D eigenvalue weighted by Gasteiger charge is -2.12. The number of ether oxygens (including phenoxy) is 1. The number of carbonyl (C=O) groups excluding carboxylic acids is 1. The van der Waals surface area contributed by atoms with Crippen molar-refractivity contribution in [2.75, 3.05) is 19.7 Å². The van der Waals surface area contributed by atoms with E-state index in [-0.39, 0.29) is 12.5 Å². The number of guanidine groups is 1. The molecule has 0 saturated heterocycles. The van der Waals surface area contributed by atoms with E-state index in [0.717, 1.165) is 68.2 Å². The summed E-state index contributed by atoms with van der Waals surface area (Å²) < 4.78 is 11.0. The Morgan fingerprint density at radius 1 is 1.16 bits per heavy atom. The van der Waals surface area contributed by atoms with Crippen molar-refractivity contribution in [3.8, 4) is 5.75 Å². The predicted molar refractivity (Wildman–Crippen MR) is 125 cm³/mol. The van der Waals surface area contributed by atoms with E-state index in [1.807, 2.05) is 24.3 Å². The van der Waals surface area contributed by atoms with E-state index in [1.54, 1.807) is 0 Å². The van der Waals surface area contributed by atoms with Crippen LogP contribution in [-0.2, 0) is 30.6 Å². The van der Waals surface area contributed by atoms with Crippen LogP contribution < -0.4 is 20.7 Å². The summed E-state index contributed by atoms with van der Waals surface area (Å²) in [6, 6.07) is 8.22. The summed E-state index contributed by atoms with van der Waals surface area (Å²) in [7, 11) is 0. The third kappa shape index (κ3) is 7.28. The molecule has 0 unspecified atom stereocenters. The van der Waals surface area contributed by atoms with Crippen LogP contribution in [-0.4, -0.2) is 42.8 Å². The molecular weight excluding hydrogens is 406 g/mol. The molecule has 1 heterocycles. The molecule has 0 aliphatic heterocycles. The minimum atomic E-state index is -0.0562. The average Bonchev–Trinajstić information content (AvgIpc) is 3.53. The molecule has 8 heteroatoms. The molecule has 1 aliphatic carbocycles. The molecule has 1 saturated carbocycles. The summed E-state index contributed by atoms with van der Waals surface area (Å²) in [5.41, 5.74) is 3.26. The molecule has 0 radical (unpaired) electrons. The van der Waals surface area contributed by atoms with Crippen molar-refractivity contribution >= 4 is 11.9 Å². The third-order valence-electron chi connectivity index (χ3n) is 5.29. The quantitative estimate of drug-likeness (QED) is 0.346. The number of nitrogens with zero attached hydrogens (tertiary/aromatic N) is 2. The lowest BCUT2D eigenvalue weighted by Crippen LogP contribution is -2.38. The molecule has 3 N–H and O–H groups in total. The first-order chi connectivity index (χ1) is 15.6. The van der Waals surface area contributed by atoms with Gasteiger partial charge in [0, 0.05) is 31.1 Å². The van der Waals surface area contributed by atoms with Crippen LogP contribution in [0.15, 0.2) is 33.8 Å². The lowest BCUT2D eigenvalue weighted by atomic mass is 10.1. The van der Waals surface area contributed by atoms with E-state index in [0.29, 0.717) is 18.3 Å². The van der Waals surface area contributed by atoms with Crippen molar-refractivity contribution < 1.29 is 14.1 Å². The number of aromatic nitrogens is 1. The van der Waals surface area contributed by atoms with E-state index >= 15 is 0 Å². The Morgan fingerprint density at radius 2 is 1.94 bits per heavy atom. The van der Waals surface area contributed by atoms with Crippen LogP contribution in [0.3, 0.4) is 0 Å². The summed E-state index contributed by atoms with van der Waals surface area (Å²) in [4.78, 5) is 16.4. The second kappa shape index (κ2) is 12.1. The largest absolute Gasteiger partial charge is 0.484 e. The first kappa shape index (κ1) is 23.6. The number of aliphatic imine (C=N–C) groups is 1. The normalized spacial score (nSPS) is 13.7. The summed E-state index contributed by atoms with van der Waals surface area (Å²) in [6.07, 6.45) is 4.65. The van der Waals surface area contributed by atoms with Gasteiger partial charge in [0.2, 0.25) is 0 Å². The van der Waals surface area contributed by atoms with Crippen molar-refractivity contribution in [2.45, 2.75) is 65.5 Å². The third-order valence-corrected chi connectivity index (χ3v) is 5.29. The van der Waals surface area contributed by atoms with Crippen LogP contribution in [0.2, 0.25) is 0 Å². The van der Waals surface area contributed by atoms with E-state index in [4.69, 9.17) is 14.3 Å². The van der Waals surface area contributed by atoms with Crippen LogP contribution in [0.5, 0.6) is 5.75 Å². The van der Waals surface area contributed by atoms with Gasteiger partial charge in [0.1, 0.15) is 11.5 Å². The maximum atomic E-state index is 11.7. The second-order valence-corrected chi connectivity index (χ2v) is 7.88. The van der Waals surface area contributed by atoms with Gasteiger partial charge >= 0.3 is 0 Å². The Labute approximate surface area is 190 Å². The Balaban J connectivity index is 1.46. The number of rotatable bonds is 12. The second-order valence-electron chi connectivity index (χ2n) is 7.88. The highest BCUT2D eigenvalue weighted by molar-refractivity contribution is 5.79. The van der Waals surface area contributed by atoms with Crippen molar-refractivity contribution in [3.63, 3.8) is 0 Å². The van der Waals surface area contributed by atoms with Crippen molar-refractivity contribution in [1.29, 1.82) is 0 Å². The summed E-state index contributed by atoms with van der Waals surface area (Å²) in [6.45, 7) is 8.34. The highest BCUT2D eigenvalue weighted by Crippen LogP contribution is 2.19. The fourth-order valence-corrected chi connectivity index (χ4v) is 3.34. The minimum absolute atomic E-state index is 0.0562. The van der Waals surface area contributed by atoms with Crippen LogP contribution in [0, 0.1) is 0 Å². The standard InChI is InChI=1S/C24H35N5O3/c1-4-21-20(22(5-2)32-29-21)15-27-24(25-6-3)26-14-13-17-7-11-19(12-8-17)31-16-23(30)28-18-9-10-18/h7-8,11-12,18H,4-6,9-10,13-16H2,1-3H3,(H,28,30)(H2,25,26,27). The highest BCUT2D eigenvalue weighted by Gasteiger charge is 2.23. The number of nitrogens with one attached hydrogen (secondary N) is 3. The SMILES string of the molecule is CCNC(=NCc1c(CC)noc1CC)NCCc1ccc(OCC(=O)NC2CC2)cc1. The van der Waals surface area contributed by atoms with Crippen LogP contribution in [0.25, 0.3) is 0 Å². The molecule has 0 bridgehead atoms. The first-order valence-corrected chi connectivity index (χ1v) is 11.6. The monoisotopic (exact) mass is 441 g/mol. The number of benzene rings is 1. The molecule has 174 valence electrons. The molecule has 1 aromatic carbocycles. The van der Waals surface area contributed by atoms with Gasteiger partial charge in [0.25, 0.3) is 5.91 Å². The number of carbonyl (C=O) groups is 1. The van der Waals surface area contributed by atoms with E-state index in [2.05, 4.69) is 41.9 Å². The van der Waals surface area contributed by atoms with Gasteiger partial charge in [-0.05, 0) is 50.3 Å². The molecule has 8 nitrogen and oxygen atoms in total. The zero-order valence-corrected chi connectivity index (χ0v) is 19.4. The maximum absolute atomic E-state index is 11.7. The van der Waals surface area contributed by atoms with Gasteiger partial charge in [-0.25, -0.2) is 4.99 Å². The van der Waals surface area contributed by atoms with Gasteiger partial charge < -0.3 is 25.2 Å². The molecule has 3 rings (SSSR count). The zero-order chi connectivity index (χ0) is 22.8. The van der Waals surface area contributed by atoms with Gasteiger partial charge in [0.15, 0.2) is 12.6 Å². The first-order valence-electron chi connectivity index (χ1n) is 11.6. The fourth-order valence-electron chi connectivity index (χ4n) is 3.34. The lowest BCUT2D eigenvalue weighted by molar-refractivity contribution is -0.123. The van der Waals surface area contributed by atoms with Gasteiger partial charge in [-0.3, -0.25) is 4.79 Å². The predicted octanol–water partition coefficient (Wildman–Crippen LogP) is 2.75. The smallest absolute Gasteiger partial charge is 0.258 e. The van der Waals surface area contributed by atoms with Crippen molar-refractivity contribution in [3.05, 3.63) is 46.8 Å². The van der Waals surface area contributed by atoms with E-state index in [1.165, 1.54) is 5.56 Å². The average molecular weight is 442 g/mol. The van der Waals surface area contributed by atoms with Crippen molar-refractivity contribution in [1.82, 2.24) is 21.1 Å². The zero-order valence-electron chi connectivity index (χ0n) is 19.4. The number of hydrogen-bond acceptors (Lipinski definition) is 5. The summed E-state index contributed by atoms with van der Waals surface area (Å²) in [5, 5.41) is 13.8. The summed E-state index contributed by atoms with van der Waals surface area (Å²) in [5.74, 6) is 2.34. The van der Waals surface area contributed by atoms with Gasteiger partial charge in [-0.1, -0.05) is 31.1 Å². The van der Waals surface area contributed by atoms with Crippen LogP contribution >= 0.6 is 0 Å². The Hall–Kier alpha value is -3.03. The molecule has 1 aliphatic rings. The number of hydrogen-bond donors (Lipinski definition) is 3. The topological polar surface area (TPSA) is 101 Å². The van der Waals surface area contributed by atoms with Gasteiger partial charge in [-0.2, -0.15) is 0 Å². The van der Waals surface area contributed by atoms with Crippen LogP contribution in [0.1, 0.15) is 56.2 Å². The molecule has 2 aromatic rings. The molecule has 32 heavy (non-hydrogen) atoms. The molecule has 0 spiro atoms. The molecule has 1 amide bonds. The number of amides is 1. The van der Waals surface area contributed by atoms with Crippen LogP contribution in [0.4, 0.5) is 0 Å². The minimum Gasteiger partial charge on any atom is -0.484 e. The van der Waals surface area contributed by atoms with Gasteiger partial charge in [0.05, 0.1) is 12.2 Å². The Kier molecular flexibility index (Phi) is 8.95. The molecular formula is C24H35N5O3.